The molecule has 1 rings (SSSR count). The Kier molecular flexibility index (Phi) is 4.74. The minimum atomic E-state index is 0.832. The van der Waals surface area contributed by atoms with Crippen LogP contribution in [0.25, 0.3) is 0 Å². The Morgan fingerprint density at radius 1 is 1.23 bits per heavy atom. The Morgan fingerprint density at radius 2 is 1.92 bits per heavy atom. The SMILES string of the molecule is CCN(CC)C1CCCC1CCN. The van der Waals surface area contributed by atoms with Gasteiger partial charge >= 0.3 is 0 Å². The van der Waals surface area contributed by atoms with Crippen LogP contribution in [0.2, 0.25) is 0 Å². The van der Waals surface area contributed by atoms with Gasteiger partial charge in [0.2, 0.25) is 0 Å². The molecule has 0 aromatic heterocycles. The number of hydrogen-bond acceptors (Lipinski definition) is 2. The highest BCUT2D eigenvalue weighted by Crippen LogP contribution is 2.31. The van der Waals surface area contributed by atoms with Gasteiger partial charge in [0.05, 0.1) is 0 Å². The van der Waals surface area contributed by atoms with Gasteiger partial charge in [-0.2, -0.15) is 0 Å². The first kappa shape index (κ1) is 11.0. The molecule has 0 aliphatic heterocycles. The first-order chi connectivity index (χ1) is 6.33. The normalized spacial score (nSPS) is 28.6. The molecule has 2 atom stereocenters. The van der Waals surface area contributed by atoms with Crippen LogP contribution in [0.1, 0.15) is 39.5 Å². The van der Waals surface area contributed by atoms with E-state index in [1.54, 1.807) is 0 Å². The maximum absolute atomic E-state index is 5.64. The minimum Gasteiger partial charge on any atom is -0.330 e. The first-order valence-electron chi connectivity index (χ1n) is 5.77. The minimum absolute atomic E-state index is 0.832. The smallest absolute Gasteiger partial charge is 0.0124 e. The van der Waals surface area contributed by atoms with Crippen molar-refractivity contribution < 1.29 is 0 Å². The molecule has 1 fully saturated rings. The van der Waals surface area contributed by atoms with Crippen LogP contribution < -0.4 is 5.73 Å². The second-order valence-corrected chi connectivity index (χ2v) is 4.06. The zero-order valence-electron chi connectivity index (χ0n) is 9.13. The molecule has 2 nitrogen and oxygen atoms in total. The van der Waals surface area contributed by atoms with Crippen molar-refractivity contribution in [3.63, 3.8) is 0 Å². The standard InChI is InChI=1S/C11H24N2/c1-3-13(4-2)11-7-5-6-10(11)8-9-12/h10-11H,3-9,12H2,1-2H3. The molecule has 2 unspecified atom stereocenters. The van der Waals surface area contributed by atoms with Crippen molar-refractivity contribution in [1.82, 2.24) is 4.90 Å². The summed E-state index contributed by atoms with van der Waals surface area (Å²) in [5.74, 6) is 0.880. The molecule has 0 amide bonds. The summed E-state index contributed by atoms with van der Waals surface area (Å²) >= 11 is 0. The zero-order chi connectivity index (χ0) is 9.68. The quantitative estimate of drug-likeness (QED) is 0.706. The highest BCUT2D eigenvalue weighted by atomic mass is 15.1. The zero-order valence-corrected chi connectivity index (χ0v) is 9.13. The summed E-state index contributed by atoms with van der Waals surface area (Å²) in [6.45, 7) is 7.79. The van der Waals surface area contributed by atoms with Gasteiger partial charge in [-0.25, -0.2) is 0 Å². The van der Waals surface area contributed by atoms with Crippen molar-refractivity contribution >= 4 is 0 Å². The third-order valence-electron chi connectivity index (χ3n) is 3.44. The molecular formula is C11H24N2. The van der Waals surface area contributed by atoms with Gasteiger partial charge < -0.3 is 10.6 Å². The molecule has 2 heteroatoms. The number of rotatable bonds is 5. The lowest BCUT2D eigenvalue weighted by Gasteiger charge is -2.31. The predicted molar refractivity (Wildman–Crippen MR) is 57.7 cm³/mol. The lowest BCUT2D eigenvalue weighted by molar-refractivity contribution is 0.172. The molecule has 78 valence electrons. The van der Waals surface area contributed by atoms with Gasteiger partial charge in [-0.1, -0.05) is 20.3 Å². The fraction of sp³-hybridized carbons (Fsp3) is 1.00. The van der Waals surface area contributed by atoms with Gasteiger partial charge in [0.1, 0.15) is 0 Å². The third-order valence-corrected chi connectivity index (χ3v) is 3.44. The fourth-order valence-electron chi connectivity index (χ4n) is 2.74. The highest BCUT2D eigenvalue weighted by molar-refractivity contribution is 4.84. The molecule has 0 heterocycles. The maximum Gasteiger partial charge on any atom is 0.0124 e. The summed E-state index contributed by atoms with van der Waals surface area (Å²) in [7, 11) is 0. The van der Waals surface area contributed by atoms with E-state index in [4.69, 9.17) is 5.73 Å². The molecule has 13 heavy (non-hydrogen) atoms. The molecule has 1 saturated carbocycles. The molecule has 0 aromatic carbocycles. The highest BCUT2D eigenvalue weighted by Gasteiger charge is 2.29. The maximum atomic E-state index is 5.64. The van der Waals surface area contributed by atoms with Crippen molar-refractivity contribution in [2.24, 2.45) is 11.7 Å². The van der Waals surface area contributed by atoms with Crippen molar-refractivity contribution in [3.8, 4) is 0 Å². The van der Waals surface area contributed by atoms with E-state index in [0.29, 0.717) is 0 Å². The summed E-state index contributed by atoms with van der Waals surface area (Å²) < 4.78 is 0. The molecule has 2 N–H and O–H groups in total. The Labute approximate surface area is 82.5 Å². The van der Waals surface area contributed by atoms with E-state index in [1.165, 1.54) is 38.8 Å². The van der Waals surface area contributed by atoms with Crippen LogP contribution in [0.5, 0.6) is 0 Å². The lowest BCUT2D eigenvalue weighted by Crippen LogP contribution is -2.38. The summed E-state index contributed by atoms with van der Waals surface area (Å²) in [6.07, 6.45) is 5.43. The van der Waals surface area contributed by atoms with Gasteiger partial charge in [-0.3, -0.25) is 0 Å². The van der Waals surface area contributed by atoms with Gasteiger partial charge in [0, 0.05) is 6.04 Å². The van der Waals surface area contributed by atoms with Gasteiger partial charge in [0.25, 0.3) is 0 Å². The fourth-order valence-corrected chi connectivity index (χ4v) is 2.74. The molecule has 1 aliphatic rings. The summed E-state index contributed by atoms with van der Waals surface area (Å²) in [5.41, 5.74) is 5.64. The van der Waals surface area contributed by atoms with Gasteiger partial charge in [0.15, 0.2) is 0 Å². The van der Waals surface area contributed by atoms with Crippen LogP contribution in [0.4, 0.5) is 0 Å². The summed E-state index contributed by atoms with van der Waals surface area (Å²) in [5, 5.41) is 0. The van der Waals surface area contributed by atoms with E-state index in [0.717, 1.165) is 18.5 Å². The van der Waals surface area contributed by atoms with E-state index in [2.05, 4.69) is 18.7 Å². The average molecular weight is 184 g/mol. The molecule has 0 spiro atoms. The van der Waals surface area contributed by atoms with Gasteiger partial charge in [-0.15, -0.1) is 0 Å². The second-order valence-electron chi connectivity index (χ2n) is 4.06. The van der Waals surface area contributed by atoms with Crippen molar-refractivity contribution in [2.45, 2.75) is 45.6 Å². The van der Waals surface area contributed by atoms with Gasteiger partial charge in [-0.05, 0) is 44.8 Å². The Balaban J connectivity index is 2.45. The number of nitrogens with two attached hydrogens (primary N) is 1. The van der Waals surface area contributed by atoms with E-state index in [9.17, 15) is 0 Å². The van der Waals surface area contributed by atoms with Crippen LogP contribution in [0.3, 0.4) is 0 Å². The summed E-state index contributed by atoms with van der Waals surface area (Å²) in [6, 6.07) is 0.832. The number of nitrogens with zero attached hydrogens (tertiary/aromatic N) is 1. The van der Waals surface area contributed by atoms with Crippen molar-refractivity contribution in [1.29, 1.82) is 0 Å². The van der Waals surface area contributed by atoms with E-state index in [-0.39, 0.29) is 0 Å². The van der Waals surface area contributed by atoms with E-state index in [1.807, 2.05) is 0 Å². The largest absolute Gasteiger partial charge is 0.330 e. The third kappa shape index (κ3) is 2.68. The van der Waals surface area contributed by atoms with Crippen LogP contribution in [-0.4, -0.2) is 30.6 Å². The molecule has 0 bridgehead atoms. The molecule has 1 aliphatic carbocycles. The lowest BCUT2D eigenvalue weighted by atomic mass is 9.98. The Hall–Kier alpha value is -0.0800. The molecule has 0 aromatic rings. The van der Waals surface area contributed by atoms with E-state index < -0.39 is 0 Å². The summed E-state index contributed by atoms with van der Waals surface area (Å²) in [4.78, 5) is 2.60. The predicted octanol–water partition coefficient (Wildman–Crippen LogP) is 1.85. The molecular weight excluding hydrogens is 160 g/mol. The Morgan fingerprint density at radius 3 is 2.46 bits per heavy atom. The molecule has 0 saturated heterocycles. The van der Waals surface area contributed by atoms with Crippen LogP contribution in [0, 0.1) is 5.92 Å². The van der Waals surface area contributed by atoms with Crippen LogP contribution in [0.15, 0.2) is 0 Å². The first-order valence-corrected chi connectivity index (χ1v) is 5.77. The average Bonchev–Trinajstić information content (AvgIpc) is 2.57. The topological polar surface area (TPSA) is 29.3 Å². The van der Waals surface area contributed by atoms with Crippen LogP contribution in [-0.2, 0) is 0 Å². The second kappa shape index (κ2) is 5.61. The van der Waals surface area contributed by atoms with Crippen molar-refractivity contribution in [2.75, 3.05) is 19.6 Å². The van der Waals surface area contributed by atoms with Crippen molar-refractivity contribution in [3.05, 3.63) is 0 Å². The molecule has 0 radical (unpaired) electrons. The van der Waals surface area contributed by atoms with E-state index >= 15 is 0 Å². The monoisotopic (exact) mass is 184 g/mol. The Bertz CT molecular complexity index is 132. The van der Waals surface area contributed by atoms with Crippen LogP contribution >= 0.6 is 0 Å². The number of hydrogen-bond donors (Lipinski definition) is 1.